The van der Waals surface area contributed by atoms with Crippen molar-refractivity contribution in [1.29, 1.82) is 0 Å². The van der Waals surface area contributed by atoms with Gasteiger partial charge in [-0.1, -0.05) is 32.7 Å². The molecule has 13 heavy (non-hydrogen) atoms. The van der Waals surface area contributed by atoms with Crippen LogP contribution in [0.3, 0.4) is 0 Å². The maximum absolute atomic E-state index is 11.3. The van der Waals surface area contributed by atoms with Gasteiger partial charge in [0.25, 0.3) is 0 Å². The molecule has 5 heteroatoms. The lowest BCUT2D eigenvalue weighted by Crippen LogP contribution is -2.39. The van der Waals surface area contributed by atoms with Gasteiger partial charge in [-0.15, -0.1) is 0 Å². The molecule has 3 N–H and O–H groups in total. The Labute approximate surface area is 82.8 Å². The monoisotopic (exact) mass is 204 g/mol. The molecular formula is C8H16N2O2S. The summed E-state index contributed by atoms with van der Waals surface area (Å²) in [5.74, 6) is -0.0756. The first-order valence-electron chi connectivity index (χ1n) is 4.01. The smallest absolute Gasteiger partial charge is 0.225 e. The highest BCUT2D eigenvalue weighted by Gasteiger charge is 2.21. The predicted molar refractivity (Wildman–Crippen MR) is 54.1 cm³/mol. The van der Waals surface area contributed by atoms with Gasteiger partial charge in [0.1, 0.15) is 6.29 Å². The van der Waals surface area contributed by atoms with Crippen LogP contribution in [0.4, 0.5) is 0 Å². The van der Waals surface area contributed by atoms with Crippen molar-refractivity contribution in [2.75, 3.05) is 6.54 Å². The number of aldehydes is 1. The number of rotatable bonds is 4. The van der Waals surface area contributed by atoms with Gasteiger partial charge in [-0.2, -0.15) is 0 Å². The zero-order valence-corrected chi connectivity index (χ0v) is 8.98. The molecule has 0 aliphatic rings. The quantitative estimate of drug-likeness (QED) is 0.511. The van der Waals surface area contributed by atoms with E-state index in [1.807, 2.05) is 20.8 Å². The second-order valence-corrected chi connectivity index (χ2v) is 4.65. The van der Waals surface area contributed by atoms with E-state index in [9.17, 15) is 9.59 Å². The number of nitrogens with two attached hydrogens (primary N) is 1. The lowest BCUT2D eigenvalue weighted by molar-refractivity contribution is -0.128. The van der Waals surface area contributed by atoms with Crippen LogP contribution in [0.25, 0.3) is 0 Å². The molecule has 0 spiro atoms. The van der Waals surface area contributed by atoms with Crippen molar-refractivity contribution in [3.05, 3.63) is 0 Å². The van der Waals surface area contributed by atoms with Crippen molar-refractivity contribution in [3.63, 3.8) is 0 Å². The van der Waals surface area contributed by atoms with E-state index in [0.29, 0.717) is 6.54 Å². The molecule has 0 aliphatic heterocycles. The summed E-state index contributed by atoms with van der Waals surface area (Å²) in [4.78, 5) is 21.7. The highest BCUT2D eigenvalue weighted by atomic mass is 32.2. The first kappa shape index (κ1) is 12.4. The standard InChI is InChI=1S/C8H16N2O2S/c1-8(2,3)7(12)10-4-6(5-11)13-9/h5-6H,4,9H2,1-3H3,(H,10,12). The second kappa shape index (κ2) is 5.24. The van der Waals surface area contributed by atoms with Gasteiger partial charge < -0.3 is 10.1 Å². The van der Waals surface area contributed by atoms with Gasteiger partial charge in [-0.05, 0) is 0 Å². The van der Waals surface area contributed by atoms with Crippen molar-refractivity contribution >= 4 is 24.1 Å². The van der Waals surface area contributed by atoms with E-state index in [-0.39, 0.29) is 11.2 Å². The maximum Gasteiger partial charge on any atom is 0.225 e. The molecule has 0 saturated heterocycles. The summed E-state index contributed by atoms with van der Waals surface area (Å²) >= 11 is 0.940. The van der Waals surface area contributed by atoms with Gasteiger partial charge in [-0.3, -0.25) is 9.93 Å². The summed E-state index contributed by atoms with van der Waals surface area (Å²) in [7, 11) is 0. The first-order valence-corrected chi connectivity index (χ1v) is 4.95. The number of hydrogen-bond acceptors (Lipinski definition) is 4. The SMILES string of the molecule is CC(C)(C)C(=O)NCC(C=O)SN. The lowest BCUT2D eigenvalue weighted by atomic mass is 9.96. The second-order valence-electron chi connectivity index (χ2n) is 3.77. The molecule has 0 bridgehead atoms. The molecule has 0 heterocycles. The topological polar surface area (TPSA) is 72.2 Å². The van der Waals surface area contributed by atoms with Crippen LogP contribution < -0.4 is 10.5 Å². The summed E-state index contributed by atoms with van der Waals surface area (Å²) in [6.07, 6.45) is 0.730. The van der Waals surface area contributed by atoms with Gasteiger partial charge in [0.2, 0.25) is 5.91 Å². The Morgan fingerprint density at radius 3 is 2.46 bits per heavy atom. The fourth-order valence-electron chi connectivity index (χ4n) is 0.587. The van der Waals surface area contributed by atoms with Crippen LogP contribution in [0.5, 0.6) is 0 Å². The van der Waals surface area contributed by atoms with E-state index in [1.54, 1.807) is 0 Å². The molecule has 0 fully saturated rings. The molecule has 76 valence electrons. The van der Waals surface area contributed by atoms with E-state index in [4.69, 9.17) is 5.14 Å². The minimum Gasteiger partial charge on any atom is -0.354 e. The number of carbonyl (C=O) groups is 2. The van der Waals surface area contributed by atoms with Gasteiger partial charge in [0.15, 0.2) is 0 Å². The Balaban J connectivity index is 3.89. The van der Waals surface area contributed by atoms with Gasteiger partial charge in [0, 0.05) is 12.0 Å². The zero-order chi connectivity index (χ0) is 10.5. The molecule has 4 nitrogen and oxygen atoms in total. The van der Waals surface area contributed by atoms with Gasteiger partial charge in [0.05, 0.1) is 5.25 Å². The summed E-state index contributed by atoms with van der Waals surface area (Å²) in [5.41, 5.74) is -0.424. The van der Waals surface area contributed by atoms with Crippen molar-refractivity contribution in [2.45, 2.75) is 26.0 Å². The third-order valence-electron chi connectivity index (χ3n) is 1.47. The Hall–Kier alpha value is -0.550. The Kier molecular flexibility index (Phi) is 5.02. The summed E-state index contributed by atoms with van der Waals surface area (Å²) in [6, 6.07) is 0. The normalized spacial score (nSPS) is 13.5. The van der Waals surface area contributed by atoms with Crippen LogP contribution in [0, 0.1) is 5.41 Å². The fraction of sp³-hybridized carbons (Fsp3) is 0.750. The van der Waals surface area contributed by atoms with Crippen molar-refractivity contribution in [3.8, 4) is 0 Å². The molecule has 0 aromatic heterocycles. The molecule has 0 aromatic carbocycles. The van der Waals surface area contributed by atoms with Gasteiger partial charge >= 0.3 is 0 Å². The summed E-state index contributed by atoms with van der Waals surface area (Å²) in [5, 5.41) is 7.51. The minimum atomic E-state index is -0.424. The number of carbonyl (C=O) groups excluding carboxylic acids is 2. The molecule has 1 atom stereocenters. The van der Waals surface area contributed by atoms with Gasteiger partial charge in [-0.25, -0.2) is 0 Å². The molecule has 0 aliphatic carbocycles. The first-order chi connectivity index (χ1) is 5.91. The van der Waals surface area contributed by atoms with Crippen molar-refractivity contribution < 1.29 is 9.59 Å². The zero-order valence-electron chi connectivity index (χ0n) is 8.16. The number of amides is 1. The van der Waals surface area contributed by atoms with E-state index < -0.39 is 5.41 Å². The van der Waals surface area contributed by atoms with Crippen LogP contribution in [0.2, 0.25) is 0 Å². The molecule has 1 unspecified atom stereocenters. The predicted octanol–water partition coefficient (Wildman–Crippen LogP) is 0.323. The summed E-state index contributed by atoms with van der Waals surface area (Å²) < 4.78 is 0. The highest BCUT2D eigenvalue weighted by molar-refractivity contribution is 7.98. The highest BCUT2D eigenvalue weighted by Crippen LogP contribution is 2.12. The van der Waals surface area contributed by atoms with Crippen molar-refractivity contribution in [1.82, 2.24) is 5.32 Å². The molecular weight excluding hydrogens is 188 g/mol. The minimum absolute atomic E-state index is 0.0756. The molecule has 0 aromatic rings. The van der Waals surface area contributed by atoms with Crippen LogP contribution in [0.15, 0.2) is 0 Å². The maximum atomic E-state index is 11.3. The van der Waals surface area contributed by atoms with Crippen LogP contribution >= 0.6 is 11.9 Å². The van der Waals surface area contributed by atoms with E-state index in [0.717, 1.165) is 18.2 Å². The molecule has 0 radical (unpaired) electrons. The average molecular weight is 204 g/mol. The van der Waals surface area contributed by atoms with Crippen molar-refractivity contribution in [2.24, 2.45) is 10.6 Å². The largest absolute Gasteiger partial charge is 0.354 e. The third kappa shape index (κ3) is 4.90. The van der Waals surface area contributed by atoms with Crippen LogP contribution in [-0.2, 0) is 9.59 Å². The van der Waals surface area contributed by atoms with E-state index in [2.05, 4.69) is 5.32 Å². The lowest BCUT2D eigenvalue weighted by Gasteiger charge is -2.18. The summed E-state index contributed by atoms with van der Waals surface area (Å²) in [6.45, 7) is 5.73. The molecule has 0 rings (SSSR count). The molecule has 0 saturated carbocycles. The third-order valence-corrected chi connectivity index (χ3v) is 2.10. The fourth-order valence-corrected chi connectivity index (χ4v) is 0.830. The van der Waals surface area contributed by atoms with E-state index >= 15 is 0 Å². The Morgan fingerprint density at radius 1 is 1.62 bits per heavy atom. The molecule has 1 amide bonds. The Bertz CT molecular complexity index is 189. The van der Waals surface area contributed by atoms with Crippen LogP contribution in [-0.4, -0.2) is 24.0 Å². The average Bonchev–Trinajstić information content (AvgIpc) is 2.04. The Morgan fingerprint density at radius 2 is 2.15 bits per heavy atom. The number of nitrogens with one attached hydrogen (secondary N) is 1. The number of hydrogen-bond donors (Lipinski definition) is 2. The van der Waals surface area contributed by atoms with Crippen LogP contribution in [0.1, 0.15) is 20.8 Å². The van der Waals surface area contributed by atoms with E-state index in [1.165, 1.54) is 0 Å².